The summed E-state index contributed by atoms with van der Waals surface area (Å²) >= 11 is 0. The topological polar surface area (TPSA) is 41.6 Å². The third-order valence-corrected chi connectivity index (χ3v) is 4.43. The molecular weight excluding hydrogens is 288 g/mol. The first-order chi connectivity index (χ1) is 10.8. The number of ether oxygens (including phenoxy) is 1. The molecule has 0 radical (unpaired) electrons. The van der Waals surface area contributed by atoms with E-state index in [0.717, 1.165) is 25.9 Å². The number of hydrogen-bond donors (Lipinski definition) is 1. The predicted octanol–water partition coefficient (Wildman–Crippen LogP) is 4.44. The lowest BCUT2D eigenvalue weighted by atomic mass is 9.90. The van der Waals surface area contributed by atoms with Crippen LogP contribution in [-0.2, 0) is 4.74 Å². The van der Waals surface area contributed by atoms with E-state index in [1.807, 2.05) is 25.7 Å². The second kappa shape index (κ2) is 7.24. The molecule has 0 saturated carbocycles. The largest absolute Gasteiger partial charge is 0.444 e. The van der Waals surface area contributed by atoms with Crippen molar-refractivity contribution in [3.05, 3.63) is 29.8 Å². The minimum absolute atomic E-state index is 0.185. The van der Waals surface area contributed by atoms with Crippen molar-refractivity contribution in [1.82, 2.24) is 4.90 Å². The molecule has 128 valence electrons. The number of hydrogen-bond acceptors (Lipinski definition) is 3. The Bertz CT molecular complexity index is 528. The smallest absolute Gasteiger partial charge is 0.410 e. The van der Waals surface area contributed by atoms with E-state index in [1.165, 1.54) is 11.3 Å². The van der Waals surface area contributed by atoms with Crippen molar-refractivity contribution in [3.63, 3.8) is 0 Å². The van der Waals surface area contributed by atoms with Gasteiger partial charge in [-0.05, 0) is 65.0 Å². The van der Waals surface area contributed by atoms with Crippen molar-refractivity contribution in [1.29, 1.82) is 0 Å². The minimum Gasteiger partial charge on any atom is -0.444 e. The van der Waals surface area contributed by atoms with Gasteiger partial charge in [-0.25, -0.2) is 4.79 Å². The average molecular weight is 318 g/mol. The van der Waals surface area contributed by atoms with Gasteiger partial charge in [-0.3, -0.25) is 0 Å². The van der Waals surface area contributed by atoms with Crippen molar-refractivity contribution in [2.75, 3.05) is 18.4 Å². The number of nitrogens with zero attached hydrogens (tertiary/aromatic N) is 1. The Hall–Kier alpha value is -1.71. The van der Waals surface area contributed by atoms with Gasteiger partial charge in [0.1, 0.15) is 5.60 Å². The van der Waals surface area contributed by atoms with Gasteiger partial charge in [-0.2, -0.15) is 0 Å². The first-order valence-electron chi connectivity index (χ1n) is 8.56. The number of para-hydroxylation sites is 1. The number of nitrogens with one attached hydrogen (secondary N) is 1. The molecule has 1 fully saturated rings. The number of carbonyl (C=O) groups is 1. The lowest BCUT2D eigenvalue weighted by Crippen LogP contribution is -2.44. The normalized spacial score (nSPS) is 17.7. The van der Waals surface area contributed by atoms with Gasteiger partial charge < -0.3 is 15.0 Å². The summed E-state index contributed by atoms with van der Waals surface area (Å²) < 4.78 is 5.46. The van der Waals surface area contributed by atoms with Crippen LogP contribution in [0.5, 0.6) is 0 Å². The number of rotatable bonds is 3. The quantitative estimate of drug-likeness (QED) is 0.895. The van der Waals surface area contributed by atoms with Gasteiger partial charge in [0.2, 0.25) is 0 Å². The van der Waals surface area contributed by atoms with E-state index in [9.17, 15) is 4.79 Å². The van der Waals surface area contributed by atoms with Crippen LogP contribution in [0.4, 0.5) is 10.5 Å². The van der Waals surface area contributed by atoms with E-state index in [1.54, 1.807) is 0 Å². The van der Waals surface area contributed by atoms with Crippen LogP contribution in [0, 0.1) is 12.8 Å². The van der Waals surface area contributed by atoms with E-state index in [2.05, 4.69) is 43.4 Å². The molecule has 4 heteroatoms. The predicted molar refractivity (Wildman–Crippen MR) is 94.8 cm³/mol. The summed E-state index contributed by atoms with van der Waals surface area (Å²) in [5.41, 5.74) is 2.05. The second-order valence-electron chi connectivity index (χ2n) is 7.55. The molecule has 1 atom stereocenters. The van der Waals surface area contributed by atoms with Crippen LogP contribution < -0.4 is 5.32 Å². The number of carbonyl (C=O) groups excluding carboxylic acids is 1. The molecule has 1 N–H and O–H groups in total. The molecule has 1 saturated heterocycles. The molecule has 1 heterocycles. The maximum Gasteiger partial charge on any atom is 0.410 e. The van der Waals surface area contributed by atoms with Crippen molar-refractivity contribution in [3.8, 4) is 0 Å². The number of aryl methyl sites for hydroxylation is 1. The van der Waals surface area contributed by atoms with Gasteiger partial charge in [-0.15, -0.1) is 0 Å². The highest BCUT2D eigenvalue weighted by molar-refractivity contribution is 5.68. The third kappa shape index (κ3) is 5.15. The van der Waals surface area contributed by atoms with Crippen LogP contribution in [0.2, 0.25) is 0 Å². The Balaban J connectivity index is 1.84. The van der Waals surface area contributed by atoms with Gasteiger partial charge in [-0.1, -0.05) is 18.2 Å². The fourth-order valence-corrected chi connectivity index (χ4v) is 3.01. The van der Waals surface area contributed by atoms with Crippen molar-refractivity contribution >= 4 is 11.8 Å². The van der Waals surface area contributed by atoms with Gasteiger partial charge in [0.05, 0.1) is 0 Å². The van der Waals surface area contributed by atoms with Gasteiger partial charge in [0, 0.05) is 24.8 Å². The highest BCUT2D eigenvalue weighted by Crippen LogP contribution is 2.25. The zero-order valence-corrected chi connectivity index (χ0v) is 15.1. The summed E-state index contributed by atoms with van der Waals surface area (Å²) in [5.74, 6) is 0.577. The lowest BCUT2D eigenvalue weighted by molar-refractivity contribution is 0.0179. The van der Waals surface area contributed by atoms with E-state index in [-0.39, 0.29) is 6.09 Å². The van der Waals surface area contributed by atoms with E-state index >= 15 is 0 Å². The van der Waals surface area contributed by atoms with Crippen LogP contribution in [-0.4, -0.2) is 35.7 Å². The number of piperidine rings is 1. The monoisotopic (exact) mass is 318 g/mol. The van der Waals surface area contributed by atoms with Crippen molar-refractivity contribution in [2.24, 2.45) is 5.92 Å². The molecule has 0 aromatic heterocycles. The molecule has 1 aliphatic heterocycles. The van der Waals surface area contributed by atoms with Gasteiger partial charge in [0.25, 0.3) is 0 Å². The molecule has 0 bridgehead atoms. The molecule has 1 aliphatic rings. The molecule has 1 aromatic carbocycles. The number of anilines is 1. The molecule has 1 unspecified atom stereocenters. The fourth-order valence-electron chi connectivity index (χ4n) is 3.01. The first kappa shape index (κ1) is 17.6. The average Bonchev–Trinajstić information content (AvgIpc) is 2.48. The summed E-state index contributed by atoms with van der Waals surface area (Å²) in [5, 5.41) is 3.63. The zero-order chi connectivity index (χ0) is 17.0. The number of benzene rings is 1. The Labute approximate surface area is 140 Å². The molecular formula is C19H30N2O2. The van der Waals surface area contributed by atoms with E-state index < -0.39 is 5.60 Å². The molecule has 1 aromatic rings. The molecule has 23 heavy (non-hydrogen) atoms. The summed E-state index contributed by atoms with van der Waals surface area (Å²) in [6.07, 6.45) is 1.84. The first-order valence-corrected chi connectivity index (χ1v) is 8.56. The van der Waals surface area contributed by atoms with Crippen LogP contribution in [0.1, 0.15) is 46.1 Å². The standard InChI is InChI=1S/C19H30N2O2/c1-14-8-6-7-9-17(14)20-15(2)16-10-12-21(13-11-16)18(22)23-19(3,4)5/h6-9,15-16,20H,10-13H2,1-5H3. The third-order valence-electron chi connectivity index (χ3n) is 4.43. The number of amides is 1. The molecule has 0 aliphatic carbocycles. The van der Waals surface area contributed by atoms with Crippen LogP contribution in [0.25, 0.3) is 0 Å². The molecule has 4 nitrogen and oxygen atoms in total. The van der Waals surface area contributed by atoms with Crippen molar-refractivity contribution in [2.45, 2.75) is 59.1 Å². The Morgan fingerprint density at radius 1 is 1.26 bits per heavy atom. The lowest BCUT2D eigenvalue weighted by Gasteiger charge is -2.36. The Morgan fingerprint density at radius 3 is 2.43 bits per heavy atom. The maximum absolute atomic E-state index is 12.1. The van der Waals surface area contributed by atoms with Crippen molar-refractivity contribution < 1.29 is 9.53 Å². The molecule has 2 rings (SSSR count). The number of likely N-dealkylation sites (tertiary alicyclic amines) is 1. The maximum atomic E-state index is 12.1. The fraction of sp³-hybridized carbons (Fsp3) is 0.632. The molecule has 0 spiro atoms. The Kier molecular flexibility index (Phi) is 5.55. The highest BCUT2D eigenvalue weighted by atomic mass is 16.6. The van der Waals surface area contributed by atoms with Crippen LogP contribution in [0.3, 0.4) is 0 Å². The summed E-state index contributed by atoms with van der Waals surface area (Å²) in [7, 11) is 0. The Morgan fingerprint density at radius 2 is 1.87 bits per heavy atom. The summed E-state index contributed by atoms with van der Waals surface area (Å²) in [6, 6.07) is 8.77. The van der Waals surface area contributed by atoms with Crippen LogP contribution in [0.15, 0.2) is 24.3 Å². The molecule has 1 amide bonds. The minimum atomic E-state index is -0.423. The van der Waals surface area contributed by atoms with E-state index in [4.69, 9.17) is 4.74 Å². The second-order valence-corrected chi connectivity index (χ2v) is 7.55. The summed E-state index contributed by atoms with van der Waals surface area (Å²) in [6.45, 7) is 11.6. The SMILES string of the molecule is Cc1ccccc1NC(C)C1CCN(C(=O)OC(C)(C)C)CC1. The highest BCUT2D eigenvalue weighted by Gasteiger charge is 2.29. The summed E-state index contributed by atoms with van der Waals surface area (Å²) in [4.78, 5) is 13.9. The van der Waals surface area contributed by atoms with E-state index in [0.29, 0.717) is 12.0 Å². The zero-order valence-electron chi connectivity index (χ0n) is 15.1. The van der Waals surface area contributed by atoms with Crippen LogP contribution >= 0.6 is 0 Å². The van der Waals surface area contributed by atoms with Gasteiger partial charge >= 0.3 is 6.09 Å². The van der Waals surface area contributed by atoms with Gasteiger partial charge in [0.15, 0.2) is 0 Å².